The molecule has 0 bridgehead atoms. The van der Waals surface area contributed by atoms with E-state index < -0.39 is 22.0 Å². The Balaban J connectivity index is 1.81. The van der Waals surface area contributed by atoms with E-state index in [2.05, 4.69) is 10.6 Å². The molecular weight excluding hydrogens is 450 g/mol. The van der Waals surface area contributed by atoms with E-state index in [-0.39, 0.29) is 11.5 Å². The molecule has 0 fully saturated rings. The topological polar surface area (TPSA) is 95.6 Å². The van der Waals surface area contributed by atoms with E-state index in [9.17, 15) is 18.0 Å². The van der Waals surface area contributed by atoms with Crippen molar-refractivity contribution in [3.05, 3.63) is 95.1 Å². The Morgan fingerprint density at radius 3 is 2.21 bits per heavy atom. The Kier molecular flexibility index (Phi) is 7.73. The predicted octanol–water partition coefficient (Wildman–Crippen LogP) is 4.03. The molecule has 0 unspecified atom stereocenters. The number of para-hydroxylation sites is 1. The van der Waals surface area contributed by atoms with Crippen LogP contribution in [0.4, 0.5) is 11.4 Å². The monoisotopic (exact) mass is 479 g/mol. The Hall–Kier alpha value is -3.65. The SMILES string of the molecule is Cc1ccc(N([C@H](C)C(=O)Nc2ccccc2C(=O)NCc2ccccc2)S(C)(=O)=O)cc1C. The van der Waals surface area contributed by atoms with E-state index in [1.165, 1.54) is 6.92 Å². The standard InChI is InChI=1S/C26H29N3O4S/c1-18-14-15-22(16-19(18)2)29(34(4,32)33)20(3)25(30)28-24-13-9-8-12-23(24)26(31)27-17-21-10-6-5-7-11-21/h5-16,20H,17H2,1-4H3,(H,27,31)(H,28,30)/t20-/m1/s1. The van der Waals surface area contributed by atoms with Crippen molar-refractivity contribution in [3.8, 4) is 0 Å². The molecule has 34 heavy (non-hydrogen) atoms. The van der Waals surface area contributed by atoms with Crippen LogP contribution < -0.4 is 14.9 Å². The van der Waals surface area contributed by atoms with Gasteiger partial charge in [-0.2, -0.15) is 0 Å². The molecule has 0 aliphatic carbocycles. The van der Waals surface area contributed by atoms with Gasteiger partial charge in [0.25, 0.3) is 5.91 Å². The zero-order chi connectivity index (χ0) is 24.9. The molecule has 8 heteroatoms. The minimum Gasteiger partial charge on any atom is -0.348 e. The summed E-state index contributed by atoms with van der Waals surface area (Å²) in [6.07, 6.45) is 1.07. The number of nitrogens with one attached hydrogen (secondary N) is 2. The van der Waals surface area contributed by atoms with Crippen molar-refractivity contribution in [2.45, 2.75) is 33.4 Å². The fourth-order valence-electron chi connectivity index (χ4n) is 3.57. The minimum atomic E-state index is -3.76. The first-order chi connectivity index (χ1) is 16.1. The van der Waals surface area contributed by atoms with Gasteiger partial charge in [-0.25, -0.2) is 8.42 Å². The van der Waals surface area contributed by atoms with Crippen molar-refractivity contribution < 1.29 is 18.0 Å². The van der Waals surface area contributed by atoms with Gasteiger partial charge < -0.3 is 10.6 Å². The number of benzene rings is 3. The number of hydrogen-bond donors (Lipinski definition) is 2. The third-order valence-electron chi connectivity index (χ3n) is 5.56. The molecule has 3 aromatic rings. The molecule has 3 aromatic carbocycles. The van der Waals surface area contributed by atoms with Crippen LogP contribution in [0.5, 0.6) is 0 Å². The molecule has 2 amide bonds. The van der Waals surface area contributed by atoms with Gasteiger partial charge in [-0.05, 0) is 61.7 Å². The fourth-order valence-corrected chi connectivity index (χ4v) is 4.74. The molecule has 0 aliphatic rings. The van der Waals surface area contributed by atoms with Crippen LogP contribution in [-0.2, 0) is 21.4 Å². The number of anilines is 2. The number of hydrogen-bond acceptors (Lipinski definition) is 4. The summed E-state index contributed by atoms with van der Waals surface area (Å²) in [5.74, 6) is -0.895. The number of carbonyl (C=O) groups excluding carboxylic acids is 2. The Bertz CT molecular complexity index is 1290. The van der Waals surface area contributed by atoms with Crippen LogP contribution in [0.2, 0.25) is 0 Å². The lowest BCUT2D eigenvalue weighted by molar-refractivity contribution is -0.116. The van der Waals surface area contributed by atoms with Crippen LogP contribution in [0.1, 0.15) is 34.0 Å². The fraction of sp³-hybridized carbons (Fsp3) is 0.231. The Morgan fingerprint density at radius 1 is 0.912 bits per heavy atom. The summed E-state index contributed by atoms with van der Waals surface area (Å²) >= 11 is 0. The summed E-state index contributed by atoms with van der Waals surface area (Å²) in [6.45, 7) is 5.67. The van der Waals surface area contributed by atoms with E-state index >= 15 is 0 Å². The van der Waals surface area contributed by atoms with Gasteiger partial charge >= 0.3 is 0 Å². The maximum atomic E-state index is 13.1. The van der Waals surface area contributed by atoms with Gasteiger partial charge in [0.2, 0.25) is 15.9 Å². The smallest absolute Gasteiger partial charge is 0.253 e. The molecule has 0 aliphatic heterocycles. The molecular formula is C26H29N3O4S. The average molecular weight is 480 g/mol. The largest absolute Gasteiger partial charge is 0.348 e. The highest BCUT2D eigenvalue weighted by Crippen LogP contribution is 2.25. The molecule has 0 spiro atoms. The summed E-state index contributed by atoms with van der Waals surface area (Å²) in [5, 5.41) is 5.58. The molecule has 7 nitrogen and oxygen atoms in total. The van der Waals surface area contributed by atoms with Crippen LogP contribution >= 0.6 is 0 Å². The van der Waals surface area contributed by atoms with Crippen molar-refractivity contribution in [2.24, 2.45) is 0 Å². The zero-order valence-electron chi connectivity index (χ0n) is 19.7. The first-order valence-corrected chi connectivity index (χ1v) is 12.7. The molecule has 0 radical (unpaired) electrons. The molecule has 0 saturated heterocycles. The van der Waals surface area contributed by atoms with Crippen molar-refractivity contribution in [1.82, 2.24) is 5.32 Å². The summed E-state index contributed by atoms with van der Waals surface area (Å²) in [6, 6.07) is 20.3. The normalized spacial score (nSPS) is 12.0. The number of amides is 2. The van der Waals surface area contributed by atoms with Crippen LogP contribution in [0.15, 0.2) is 72.8 Å². The summed E-state index contributed by atoms with van der Waals surface area (Å²) in [4.78, 5) is 25.9. The number of rotatable bonds is 8. The second-order valence-corrected chi connectivity index (χ2v) is 10.1. The van der Waals surface area contributed by atoms with Crippen LogP contribution in [0, 0.1) is 13.8 Å². The molecule has 0 heterocycles. The average Bonchev–Trinajstić information content (AvgIpc) is 2.80. The van der Waals surface area contributed by atoms with E-state index in [1.54, 1.807) is 36.4 Å². The van der Waals surface area contributed by atoms with Gasteiger partial charge in [-0.1, -0.05) is 48.5 Å². The van der Waals surface area contributed by atoms with Crippen molar-refractivity contribution >= 4 is 33.2 Å². The third kappa shape index (κ3) is 6.02. The maximum absolute atomic E-state index is 13.1. The first kappa shape index (κ1) is 25.0. The predicted molar refractivity (Wildman–Crippen MR) is 135 cm³/mol. The van der Waals surface area contributed by atoms with Crippen LogP contribution in [0.3, 0.4) is 0 Å². The lowest BCUT2D eigenvalue weighted by atomic mass is 10.1. The number of aryl methyl sites for hydroxylation is 2. The lowest BCUT2D eigenvalue weighted by Gasteiger charge is -2.29. The number of sulfonamides is 1. The zero-order valence-corrected chi connectivity index (χ0v) is 20.5. The van der Waals surface area contributed by atoms with Crippen molar-refractivity contribution in [2.75, 3.05) is 15.9 Å². The van der Waals surface area contributed by atoms with Crippen LogP contribution in [-0.4, -0.2) is 32.5 Å². The molecule has 0 saturated carbocycles. The second kappa shape index (κ2) is 10.5. The summed E-state index contributed by atoms with van der Waals surface area (Å²) < 4.78 is 26.3. The summed E-state index contributed by atoms with van der Waals surface area (Å²) in [7, 11) is -3.76. The van der Waals surface area contributed by atoms with Gasteiger partial charge in [0, 0.05) is 6.54 Å². The summed E-state index contributed by atoms with van der Waals surface area (Å²) in [5.41, 5.74) is 3.88. The molecule has 178 valence electrons. The van der Waals surface area contributed by atoms with E-state index in [4.69, 9.17) is 0 Å². The Labute approximate surface area is 200 Å². The number of carbonyl (C=O) groups is 2. The third-order valence-corrected chi connectivity index (χ3v) is 6.80. The van der Waals surface area contributed by atoms with Gasteiger partial charge in [0.15, 0.2) is 0 Å². The van der Waals surface area contributed by atoms with Gasteiger partial charge in [-0.3, -0.25) is 13.9 Å². The first-order valence-electron chi connectivity index (χ1n) is 10.9. The van der Waals surface area contributed by atoms with Gasteiger partial charge in [-0.15, -0.1) is 0 Å². The van der Waals surface area contributed by atoms with Crippen molar-refractivity contribution in [1.29, 1.82) is 0 Å². The maximum Gasteiger partial charge on any atom is 0.253 e. The van der Waals surface area contributed by atoms with Gasteiger partial charge in [0.1, 0.15) is 6.04 Å². The van der Waals surface area contributed by atoms with E-state index in [0.717, 1.165) is 27.3 Å². The molecule has 0 aromatic heterocycles. The molecule has 3 rings (SSSR count). The second-order valence-electron chi connectivity index (χ2n) is 8.21. The highest BCUT2D eigenvalue weighted by atomic mass is 32.2. The molecule has 2 N–H and O–H groups in total. The lowest BCUT2D eigenvalue weighted by Crippen LogP contribution is -2.45. The van der Waals surface area contributed by atoms with Crippen LogP contribution in [0.25, 0.3) is 0 Å². The van der Waals surface area contributed by atoms with Gasteiger partial charge in [0.05, 0.1) is 23.2 Å². The molecule has 1 atom stereocenters. The Morgan fingerprint density at radius 2 is 1.56 bits per heavy atom. The minimum absolute atomic E-state index is 0.288. The van der Waals surface area contributed by atoms with E-state index in [1.807, 2.05) is 50.2 Å². The number of nitrogens with zero attached hydrogens (tertiary/aromatic N) is 1. The van der Waals surface area contributed by atoms with E-state index in [0.29, 0.717) is 17.9 Å². The quantitative estimate of drug-likeness (QED) is 0.510. The highest BCUT2D eigenvalue weighted by Gasteiger charge is 2.30. The highest BCUT2D eigenvalue weighted by molar-refractivity contribution is 7.92. The van der Waals surface area contributed by atoms with Crippen molar-refractivity contribution in [3.63, 3.8) is 0 Å².